The molecule has 0 saturated heterocycles. The molecule has 0 atom stereocenters. The van der Waals surface area contributed by atoms with Gasteiger partial charge >= 0.3 is 0 Å². The van der Waals surface area contributed by atoms with Crippen LogP contribution in [-0.2, 0) is 6.67 Å². The second kappa shape index (κ2) is 14.1. The monoisotopic (exact) mass is 397 g/mol. The number of hydrogen-bond donors (Lipinski definition) is 0. The Hall–Kier alpha value is -1.93. The van der Waals surface area contributed by atoms with Crippen molar-refractivity contribution >= 4 is 11.0 Å². The van der Waals surface area contributed by atoms with E-state index in [1.165, 1.54) is 77.0 Å². The highest BCUT2D eigenvalue weighted by molar-refractivity contribution is 5.75. The molecular formula is C24H39N5. The van der Waals surface area contributed by atoms with Crippen LogP contribution in [0, 0.1) is 11.3 Å². The second-order valence-electron chi connectivity index (χ2n) is 8.20. The molecule has 1 aromatic heterocycles. The molecule has 0 spiro atoms. The lowest BCUT2D eigenvalue weighted by molar-refractivity contribution is 0.199. The molecule has 2 rings (SSSR count). The molecule has 0 aliphatic heterocycles. The number of hydrogen-bond acceptors (Lipinski definition) is 4. The summed E-state index contributed by atoms with van der Waals surface area (Å²) >= 11 is 0. The number of nitriles is 1. The predicted molar refractivity (Wildman–Crippen MR) is 121 cm³/mol. The lowest BCUT2D eigenvalue weighted by Gasteiger charge is -2.22. The van der Waals surface area contributed by atoms with Gasteiger partial charge in [0.25, 0.3) is 0 Å². The van der Waals surface area contributed by atoms with Gasteiger partial charge in [0.15, 0.2) is 0 Å². The standard InChI is InChI=1S/C24H39N5/c1-3-5-7-9-11-13-17-28(18-14-12-10-8-6-4-2)21-29-24-16-15-22(20-25)19-23(24)26-27-29/h15-16,19H,3-14,17-18,21H2,1-2H3. The number of rotatable bonds is 16. The highest BCUT2D eigenvalue weighted by Crippen LogP contribution is 2.15. The van der Waals surface area contributed by atoms with Gasteiger partial charge in [-0.2, -0.15) is 5.26 Å². The SMILES string of the molecule is CCCCCCCCN(CCCCCCCC)Cn1nnc2cc(C#N)ccc21. The molecule has 0 N–H and O–H groups in total. The van der Waals surface area contributed by atoms with Crippen LogP contribution < -0.4 is 0 Å². The molecule has 0 saturated carbocycles. The van der Waals surface area contributed by atoms with Gasteiger partial charge in [-0.05, 0) is 44.1 Å². The summed E-state index contributed by atoms with van der Waals surface area (Å²) < 4.78 is 1.99. The van der Waals surface area contributed by atoms with Crippen LogP contribution in [-0.4, -0.2) is 33.0 Å². The molecule has 0 radical (unpaired) electrons. The number of nitrogens with zero attached hydrogens (tertiary/aromatic N) is 5. The van der Waals surface area contributed by atoms with E-state index in [0.29, 0.717) is 5.56 Å². The highest BCUT2D eigenvalue weighted by Gasteiger charge is 2.10. The zero-order chi connectivity index (χ0) is 20.7. The van der Waals surface area contributed by atoms with Gasteiger partial charge in [0.1, 0.15) is 5.52 Å². The fourth-order valence-electron chi connectivity index (χ4n) is 3.82. The Bertz CT molecular complexity index is 714. The maximum Gasteiger partial charge on any atom is 0.114 e. The third-order valence-corrected chi connectivity index (χ3v) is 5.63. The summed E-state index contributed by atoms with van der Waals surface area (Å²) in [6.45, 7) is 7.57. The van der Waals surface area contributed by atoms with Crippen molar-refractivity contribution < 1.29 is 0 Å². The molecule has 1 heterocycles. The van der Waals surface area contributed by atoms with E-state index in [0.717, 1.165) is 30.8 Å². The summed E-state index contributed by atoms with van der Waals surface area (Å²) in [4.78, 5) is 2.53. The molecule has 5 nitrogen and oxygen atoms in total. The molecule has 2 aromatic rings. The Kier molecular flexibility index (Phi) is 11.4. The van der Waals surface area contributed by atoms with Crippen molar-refractivity contribution in [3.63, 3.8) is 0 Å². The summed E-state index contributed by atoms with van der Waals surface area (Å²) in [7, 11) is 0. The average Bonchev–Trinajstić information content (AvgIpc) is 3.14. The van der Waals surface area contributed by atoms with E-state index in [4.69, 9.17) is 5.26 Å². The van der Waals surface area contributed by atoms with Crippen molar-refractivity contribution in [2.45, 2.75) is 97.6 Å². The minimum atomic E-state index is 0.639. The van der Waals surface area contributed by atoms with Gasteiger partial charge in [-0.25, -0.2) is 4.68 Å². The number of benzene rings is 1. The summed E-state index contributed by atoms with van der Waals surface area (Å²) in [6, 6.07) is 7.83. The predicted octanol–water partition coefficient (Wildman–Crippen LogP) is 6.28. The summed E-state index contributed by atoms with van der Waals surface area (Å²) in [5.74, 6) is 0. The Morgan fingerprint density at radius 2 is 1.45 bits per heavy atom. The summed E-state index contributed by atoms with van der Waals surface area (Å²) in [5, 5.41) is 17.7. The van der Waals surface area contributed by atoms with Crippen LogP contribution in [0.1, 0.15) is 96.5 Å². The molecule has 5 heteroatoms. The van der Waals surface area contributed by atoms with E-state index in [1.54, 1.807) is 0 Å². The zero-order valence-electron chi connectivity index (χ0n) is 18.6. The van der Waals surface area contributed by atoms with Crippen molar-refractivity contribution in [3.05, 3.63) is 23.8 Å². The van der Waals surface area contributed by atoms with Crippen molar-refractivity contribution in [1.82, 2.24) is 19.9 Å². The van der Waals surface area contributed by atoms with E-state index in [9.17, 15) is 0 Å². The largest absolute Gasteiger partial charge is 0.284 e. The molecule has 160 valence electrons. The quantitative estimate of drug-likeness (QED) is 0.313. The van der Waals surface area contributed by atoms with Gasteiger partial charge < -0.3 is 0 Å². The molecule has 0 aliphatic rings. The minimum Gasteiger partial charge on any atom is -0.284 e. The fraction of sp³-hybridized carbons (Fsp3) is 0.708. The Labute approximate surface area is 177 Å². The van der Waals surface area contributed by atoms with Crippen LogP contribution in [0.15, 0.2) is 18.2 Å². The van der Waals surface area contributed by atoms with Crippen LogP contribution in [0.25, 0.3) is 11.0 Å². The van der Waals surface area contributed by atoms with E-state index in [-0.39, 0.29) is 0 Å². The summed E-state index contributed by atoms with van der Waals surface area (Å²) in [6.07, 6.45) is 15.9. The van der Waals surface area contributed by atoms with Crippen LogP contribution in [0.3, 0.4) is 0 Å². The van der Waals surface area contributed by atoms with Crippen LogP contribution in [0.5, 0.6) is 0 Å². The van der Waals surface area contributed by atoms with Crippen LogP contribution >= 0.6 is 0 Å². The number of aromatic nitrogens is 3. The van der Waals surface area contributed by atoms with Gasteiger partial charge in [0.05, 0.1) is 23.8 Å². The van der Waals surface area contributed by atoms with Gasteiger partial charge in [-0.3, -0.25) is 4.90 Å². The second-order valence-corrected chi connectivity index (χ2v) is 8.20. The van der Waals surface area contributed by atoms with Crippen molar-refractivity contribution in [1.29, 1.82) is 5.26 Å². The zero-order valence-corrected chi connectivity index (χ0v) is 18.6. The molecule has 0 unspecified atom stereocenters. The molecule has 0 fully saturated rings. The minimum absolute atomic E-state index is 0.639. The first-order chi connectivity index (χ1) is 14.3. The normalized spacial score (nSPS) is 11.4. The third-order valence-electron chi connectivity index (χ3n) is 5.63. The Morgan fingerprint density at radius 3 is 2.03 bits per heavy atom. The topological polar surface area (TPSA) is 57.7 Å². The molecule has 0 amide bonds. The van der Waals surface area contributed by atoms with Crippen molar-refractivity contribution in [2.24, 2.45) is 0 Å². The first-order valence-corrected chi connectivity index (χ1v) is 11.7. The van der Waals surface area contributed by atoms with Gasteiger partial charge in [-0.1, -0.05) is 83.3 Å². The summed E-state index contributed by atoms with van der Waals surface area (Å²) in [5.41, 5.74) is 2.46. The van der Waals surface area contributed by atoms with Crippen LogP contribution in [0.2, 0.25) is 0 Å². The molecule has 29 heavy (non-hydrogen) atoms. The average molecular weight is 398 g/mol. The maximum absolute atomic E-state index is 9.08. The molecular weight excluding hydrogens is 358 g/mol. The third kappa shape index (κ3) is 8.53. The van der Waals surface area contributed by atoms with Crippen LogP contribution in [0.4, 0.5) is 0 Å². The van der Waals surface area contributed by atoms with Gasteiger partial charge in [-0.15, -0.1) is 5.10 Å². The highest BCUT2D eigenvalue weighted by atomic mass is 15.5. The number of fused-ring (bicyclic) bond motifs is 1. The first kappa shape index (κ1) is 23.3. The van der Waals surface area contributed by atoms with E-state index in [2.05, 4.69) is 35.1 Å². The van der Waals surface area contributed by atoms with E-state index >= 15 is 0 Å². The van der Waals surface area contributed by atoms with Crippen molar-refractivity contribution in [3.8, 4) is 6.07 Å². The van der Waals surface area contributed by atoms with Crippen molar-refractivity contribution in [2.75, 3.05) is 13.1 Å². The molecule has 0 bridgehead atoms. The lowest BCUT2D eigenvalue weighted by atomic mass is 10.1. The van der Waals surface area contributed by atoms with Gasteiger partial charge in [0.2, 0.25) is 0 Å². The fourth-order valence-corrected chi connectivity index (χ4v) is 3.82. The van der Waals surface area contributed by atoms with E-state index < -0.39 is 0 Å². The Morgan fingerprint density at radius 1 is 0.862 bits per heavy atom. The molecule has 0 aliphatic carbocycles. The lowest BCUT2D eigenvalue weighted by Crippen LogP contribution is -2.29. The smallest absolute Gasteiger partial charge is 0.114 e. The Balaban J connectivity index is 1.88. The maximum atomic E-state index is 9.08. The van der Waals surface area contributed by atoms with Gasteiger partial charge in [0, 0.05) is 0 Å². The first-order valence-electron chi connectivity index (χ1n) is 11.7. The molecule has 1 aromatic carbocycles. The number of unbranched alkanes of at least 4 members (excludes halogenated alkanes) is 10. The van der Waals surface area contributed by atoms with E-state index in [1.807, 2.05) is 22.9 Å².